The van der Waals surface area contributed by atoms with E-state index in [1.165, 1.54) is 5.56 Å². The highest BCUT2D eigenvalue weighted by atomic mass is 16.2. The van der Waals surface area contributed by atoms with E-state index in [4.69, 9.17) is 4.98 Å². The molecule has 5 heteroatoms. The first kappa shape index (κ1) is 21.5. The molecule has 0 saturated carbocycles. The smallest absolute Gasteiger partial charge is 0.220 e. The monoisotopic (exact) mass is 425 g/mol. The summed E-state index contributed by atoms with van der Waals surface area (Å²) in [5.74, 6) is 0.655. The third-order valence-electron chi connectivity index (χ3n) is 5.60. The Labute approximate surface area is 188 Å². The summed E-state index contributed by atoms with van der Waals surface area (Å²) in [4.78, 5) is 29.5. The summed E-state index contributed by atoms with van der Waals surface area (Å²) in [6.45, 7) is 3.09. The molecule has 1 heterocycles. The minimum absolute atomic E-state index is 0.0183. The lowest BCUT2D eigenvalue weighted by Crippen LogP contribution is -2.25. The number of aryl methyl sites for hydroxylation is 3. The first-order chi connectivity index (χ1) is 15.6. The molecule has 1 N–H and O–H groups in total. The Hall–Kier alpha value is -3.73. The number of para-hydroxylation sites is 2. The molecule has 0 unspecified atom stereocenters. The Bertz CT molecular complexity index is 1210. The molecular formula is C27H27N3O2. The van der Waals surface area contributed by atoms with Gasteiger partial charge in [-0.2, -0.15) is 0 Å². The Balaban J connectivity index is 1.38. The molecular weight excluding hydrogens is 398 g/mol. The van der Waals surface area contributed by atoms with Gasteiger partial charge in [0.15, 0.2) is 5.78 Å². The molecule has 0 radical (unpaired) electrons. The average molecular weight is 426 g/mol. The first-order valence-corrected chi connectivity index (χ1v) is 10.9. The highest BCUT2D eigenvalue weighted by molar-refractivity contribution is 5.97. The SMILES string of the molecule is Cc1ccc(C(=O)CCC(=O)NCc2nc3ccccc3n2CCc2ccccc2)cc1. The molecule has 0 bridgehead atoms. The number of nitrogens with one attached hydrogen (secondary N) is 1. The van der Waals surface area contributed by atoms with E-state index in [-0.39, 0.29) is 24.5 Å². The van der Waals surface area contributed by atoms with Crippen LogP contribution >= 0.6 is 0 Å². The molecule has 0 aliphatic heterocycles. The number of hydrogen-bond donors (Lipinski definition) is 1. The Kier molecular flexibility index (Phi) is 6.75. The molecule has 0 aliphatic rings. The van der Waals surface area contributed by atoms with Crippen LogP contribution in [-0.4, -0.2) is 21.2 Å². The molecule has 0 atom stereocenters. The normalized spacial score (nSPS) is 10.9. The lowest BCUT2D eigenvalue weighted by atomic mass is 10.1. The lowest BCUT2D eigenvalue weighted by Gasteiger charge is -2.10. The van der Waals surface area contributed by atoms with Crippen molar-refractivity contribution in [3.05, 3.63) is 101 Å². The van der Waals surface area contributed by atoms with Crippen molar-refractivity contribution in [2.24, 2.45) is 0 Å². The summed E-state index contributed by atoms with van der Waals surface area (Å²) in [6, 6.07) is 25.8. The van der Waals surface area contributed by atoms with Gasteiger partial charge in [-0.15, -0.1) is 0 Å². The molecule has 4 rings (SSSR count). The van der Waals surface area contributed by atoms with E-state index >= 15 is 0 Å². The minimum atomic E-state index is -0.146. The van der Waals surface area contributed by atoms with E-state index in [0.29, 0.717) is 12.1 Å². The van der Waals surface area contributed by atoms with Gasteiger partial charge < -0.3 is 9.88 Å². The van der Waals surface area contributed by atoms with Gasteiger partial charge in [0.2, 0.25) is 5.91 Å². The van der Waals surface area contributed by atoms with Gasteiger partial charge in [-0.05, 0) is 31.0 Å². The maximum atomic E-state index is 12.4. The molecule has 1 aromatic heterocycles. The number of ketones is 1. The number of Topliss-reactive ketones (excluding diaryl/α,β-unsaturated/α-hetero) is 1. The van der Waals surface area contributed by atoms with E-state index in [1.54, 1.807) is 0 Å². The van der Waals surface area contributed by atoms with Crippen LogP contribution in [0.4, 0.5) is 0 Å². The predicted molar refractivity (Wildman–Crippen MR) is 126 cm³/mol. The van der Waals surface area contributed by atoms with Gasteiger partial charge in [-0.3, -0.25) is 9.59 Å². The van der Waals surface area contributed by atoms with E-state index in [2.05, 4.69) is 28.1 Å². The predicted octanol–water partition coefficient (Wildman–Crippen LogP) is 4.87. The summed E-state index contributed by atoms with van der Waals surface area (Å²) >= 11 is 0. The maximum Gasteiger partial charge on any atom is 0.220 e. The topological polar surface area (TPSA) is 64.0 Å². The summed E-state index contributed by atoms with van der Waals surface area (Å²) in [6.07, 6.45) is 1.24. The molecule has 3 aromatic carbocycles. The number of fused-ring (bicyclic) bond motifs is 1. The molecule has 0 fully saturated rings. The quantitative estimate of drug-likeness (QED) is 0.389. The second-order valence-corrected chi connectivity index (χ2v) is 7.97. The largest absolute Gasteiger partial charge is 0.349 e. The van der Waals surface area contributed by atoms with E-state index < -0.39 is 0 Å². The van der Waals surface area contributed by atoms with E-state index in [9.17, 15) is 9.59 Å². The van der Waals surface area contributed by atoms with Crippen molar-refractivity contribution in [1.82, 2.24) is 14.9 Å². The molecule has 32 heavy (non-hydrogen) atoms. The number of benzene rings is 3. The van der Waals surface area contributed by atoms with Gasteiger partial charge in [0.25, 0.3) is 0 Å². The van der Waals surface area contributed by atoms with Crippen molar-refractivity contribution in [2.45, 2.75) is 39.3 Å². The second kappa shape index (κ2) is 10.1. The second-order valence-electron chi connectivity index (χ2n) is 7.97. The molecule has 1 amide bonds. The molecule has 162 valence electrons. The van der Waals surface area contributed by atoms with Crippen molar-refractivity contribution >= 4 is 22.7 Å². The summed E-state index contributed by atoms with van der Waals surface area (Å²) in [7, 11) is 0. The summed E-state index contributed by atoms with van der Waals surface area (Å²) in [5, 5.41) is 2.94. The highest BCUT2D eigenvalue weighted by Crippen LogP contribution is 2.17. The van der Waals surface area contributed by atoms with Gasteiger partial charge >= 0.3 is 0 Å². The fourth-order valence-corrected chi connectivity index (χ4v) is 3.77. The fraction of sp³-hybridized carbons (Fsp3) is 0.222. The van der Waals surface area contributed by atoms with Crippen LogP contribution in [-0.2, 0) is 24.3 Å². The number of hydrogen-bond acceptors (Lipinski definition) is 3. The molecule has 0 aliphatic carbocycles. The van der Waals surface area contributed by atoms with Crippen molar-refractivity contribution in [3.8, 4) is 0 Å². The number of carbonyl (C=O) groups excluding carboxylic acids is 2. The van der Waals surface area contributed by atoms with Crippen LogP contribution in [0.1, 0.15) is 40.2 Å². The molecule has 4 aromatic rings. The molecule has 5 nitrogen and oxygen atoms in total. The number of imidazole rings is 1. The average Bonchev–Trinajstić information content (AvgIpc) is 3.18. The van der Waals surface area contributed by atoms with E-state index in [1.807, 2.05) is 67.6 Å². The van der Waals surface area contributed by atoms with Crippen LogP contribution in [0.15, 0.2) is 78.9 Å². The number of amides is 1. The van der Waals surface area contributed by atoms with Crippen LogP contribution in [0.25, 0.3) is 11.0 Å². The number of rotatable bonds is 9. The minimum Gasteiger partial charge on any atom is -0.349 e. The van der Waals surface area contributed by atoms with Gasteiger partial charge in [0, 0.05) is 24.9 Å². The highest BCUT2D eigenvalue weighted by Gasteiger charge is 2.13. The van der Waals surface area contributed by atoms with E-state index in [0.717, 1.165) is 35.4 Å². The number of nitrogens with zero attached hydrogens (tertiary/aromatic N) is 2. The number of aromatic nitrogens is 2. The van der Waals surface area contributed by atoms with Crippen LogP contribution in [0.2, 0.25) is 0 Å². The third-order valence-corrected chi connectivity index (χ3v) is 5.60. The zero-order valence-corrected chi connectivity index (χ0v) is 18.3. The van der Waals surface area contributed by atoms with Gasteiger partial charge in [0.1, 0.15) is 5.82 Å². The van der Waals surface area contributed by atoms with Crippen molar-refractivity contribution in [1.29, 1.82) is 0 Å². The maximum absolute atomic E-state index is 12.4. The Morgan fingerprint density at radius 2 is 1.59 bits per heavy atom. The zero-order chi connectivity index (χ0) is 22.3. The van der Waals surface area contributed by atoms with Gasteiger partial charge in [-0.25, -0.2) is 4.98 Å². The summed E-state index contributed by atoms with van der Waals surface area (Å²) in [5.41, 5.74) is 4.98. The van der Waals surface area contributed by atoms with Crippen LogP contribution in [0.5, 0.6) is 0 Å². The molecule has 0 saturated heterocycles. The zero-order valence-electron chi connectivity index (χ0n) is 18.3. The van der Waals surface area contributed by atoms with Crippen LogP contribution in [0.3, 0.4) is 0 Å². The first-order valence-electron chi connectivity index (χ1n) is 10.9. The summed E-state index contributed by atoms with van der Waals surface area (Å²) < 4.78 is 2.17. The third kappa shape index (κ3) is 5.30. The fourth-order valence-electron chi connectivity index (χ4n) is 3.77. The standard InChI is InChI=1S/C27H27N3O2/c1-20-11-13-22(14-12-20)25(31)15-16-27(32)28-19-26-29-23-9-5-6-10-24(23)30(26)18-17-21-7-3-2-4-8-21/h2-14H,15-19H2,1H3,(H,28,32). The van der Waals surface area contributed by atoms with Gasteiger partial charge in [-0.1, -0.05) is 72.3 Å². The Morgan fingerprint density at radius 1 is 0.875 bits per heavy atom. The van der Waals surface area contributed by atoms with Crippen LogP contribution < -0.4 is 5.32 Å². The molecule has 0 spiro atoms. The van der Waals surface area contributed by atoms with Crippen molar-refractivity contribution < 1.29 is 9.59 Å². The van der Waals surface area contributed by atoms with Gasteiger partial charge in [0.05, 0.1) is 17.6 Å². The van der Waals surface area contributed by atoms with Crippen LogP contribution in [0, 0.1) is 6.92 Å². The van der Waals surface area contributed by atoms with Crippen molar-refractivity contribution in [2.75, 3.05) is 0 Å². The van der Waals surface area contributed by atoms with Crippen molar-refractivity contribution in [3.63, 3.8) is 0 Å². The lowest BCUT2D eigenvalue weighted by molar-refractivity contribution is -0.121. The number of carbonyl (C=O) groups is 2. The Morgan fingerprint density at radius 3 is 2.38 bits per heavy atom.